The molecule has 1 aromatic heterocycles. The zero-order valence-electron chi connectivity index (χ0n) is 10.9. The van der Waals surface area contributed by atoms with Crippen molar-refractivity contribution in [2.75, 3.05) is 7.11 Å². The van der Waals surface area contributed by atoms with E-state index in [1.54, 1.807) is 7.11 Å². The van der Waals surface area contributed by atoms with Gasteiger partial charge in [0, 0.05) is 28.7 Å². The van der Waals surface area contributed by atoms with Crippen molar-refractivity contribution in [3.8, 4) is 5.88 Å². The van der Waals surface area contributed by atoms with Crippen LogP contribution in [0.4, 0.5) is 0 Å². The molecule has 19 heavy (non-hydrogen) atoms. The van der Waals surface area contributed by atoms with E-state index in [0.717, 1.165) is 15.7 Å². The zero-order valence-corrected chi connectivity index (χ0v) is 12.5. The molecule has 5 heteroatoms. The van der Waals surface area contributed by atoms with Crippen LogP contribution in [0.3, 0.4) is 0 Å². The fourth-order valence-corrected chi connectivity index (χ4v) is 2.45. The number of nitrogens with two attached hydrogens (primary N) is 1. The maximum absolute atomic E-state index is 6.26. The molecule has 0 aliphatic carbocycles. The summed E-state index contributed by atoms with van der Waals surface area (Å²) in [4.78, 5) is 8.20. The number of ether oxygens (including phenoxy) is 1. The van der Waals surface area contributed by atoms with E-state index >= 15 is 0 Å². The first-order chi connectivity index (χ1) is 9.11. The van der Waals surface area contributed by atoms with Gasteiger partial charge in [0.05, 0.1) is 7.11 Å². The van der Waals surface area contributed by atoms with E-state index in [1.165, 1.54) is 11.9 Å². The normalized spacial score (nSPS) is 12.2. The highest BCUT2D eigenvalue weighted by atomic mass is 79.9. The van der Waals surface area contributed by atoms with Crippen LogP contribution in [0.25, 0.3) is 0 Å². The lowest BCUT2D eigenvalue weighted by atomic mass is 10.0. The lowest BCUT2D eigenvalue weighted by molar-refractivity contribution is 0.395. The fraction of sp³-hybridized carbons (Fsp3) is 0.286. The van der Waals surface area contributed by atoms with Crippen LogP contribution in [-0.2, 0) is 6.42 Å². The van der Waals surface area contributed by atoms with E-state index in [4.69, 9.17) is 10.5 Å². The molecule has 2 N–H and O–H groups in total. The van der Waals surface area contributed by atoms with Crippen LogP contribution in [0, 0.1) is 6.92 Å². The lowest BCUT2D eigenvalue weighted by Gasteiger charge is -2.15. The van der Waals surface area contributed by atoms with Gasteiger partial charge in [-0.15, -0.1) is 0 Å². The second-order valence-corrected chi connectivity index (χ2v) is 5.13. The number of methoxy groups -OCH3 is 1. The van der Waals surface area contributed by atoms with Crippen molar-refractivity contribution < 1.29 is 4.74 Å². The summed E-state index contributed by atoms with van der Waals surface area (Å²) in [6, 6.07) is 7.78. The first-order valence-electron chi connectivity index (χ1n) is 5.97. The van der Waals surface area contributed by atoms with Crippen molar-refractivity contribution in [2.24, 2.45) is 5.73 Å². The molecule has 2 aromatic rings. The average Bonchev–Trinajstić information content (AvgIpc) is 2.42. The summed E-state index contributed by atoms with van der Waals surface area (Å²) in [5.74, 6) is 0.556. The number of hydrogen-bond acceptors (Lipinski definition) is 4. The van der Waals surface area contributed by atoms with Crippen LogP contribution in [0.15, 0.2) is 35.1 Å². The smallest absolute Gasteiger partial charge is 0.216 e. The molecule has 0 bridgehead atoms. The first kappa shape index (κ1) is 14.0. The third kappa shape index (κ3) is 3.30. The molecular weight excluding hydrogens is 306 g/mol. The predicted octanol–water partition coefficient (Wildman–Crippen LogP) is 2.80. The van der Waals surface area contributed by atoms with Gasteiger partial charge in [-0.3, -0.25) is 0 Å². The largest absolute Gasteiger partial charge is 0.481 e. The standard InChI is InChI=1S/C14H16BrN3O/c1-9-4-3-5-11(14(9)15)12(16)6-10-7-13(19-2)18-8-17-10/h3-5,7-8,12H,6,16H2,1-2H3. The molecule has 4 nitrogen and oxygen atoms in total. The number of hydrogen-bond donors (Lipinski definition) is 1. The van der Waals surface area contributed by atoms with Gasteiger partial charge in [-0.25, -0.2) is 9.97 Å². The minimum absolute atomic E-state index is 0.117. The highest BCUT2D eigenvalue weighted by Crippen LogP contribution is 2.27. The Morgan fingerprint density at radius 1 is 1.37 bits per heavy atom. The second kappa shape index (κ2) is 6.12. The van der Waals surface area contributed by atoms with Crippen LogP contribution in [0.2, 0.25) is 0 Å². The van der Waals surface area contributed by atoms with Gasteiger partial charge in [-0.1, -0.05) is 34.1 Å². The number of rotatable bonds is 4. The van der Waals surface area contributed by atoms with Crippen molar-refractivity contribution >= 4 is 15.9 Å². The van der Waals surface area contributed by atoms with Gasteiger partial charge >= 0.3 is 0 Å². The minimum Gasteiger partial charge on any atom is -0.481 e. The number of aryl methyl sites for hydroxylation is 1. The fourth-order valence-electron chi connectivity index (χ4n) is 1.89. The van der Waals surface area contributed by atoms with Crippen molar-refractivity contribution in [1.29, 1.82) is 0 Å². The van der Waals surface area contributed by atoms with Gasteiger partial charge in [0.2, 0.25) is 5.88 Å². The number of benzene rings is 1. The summed E-state index contributed by atoms with van der Waals surface area (Å²) < 4.78 is 6.14. The van der Waals surface area contributed by atoms with E-state index in [0.29, 0.717) is 12.3 Å². The minimum atomic E-state index is -0.117. The molecule has 0 saturated heterocycles. The van der Waals surface area contributed by atoms with Gasteiger partial charge in [0.25, 0.3) is 0 Å². The Hall–Kier alpha value is -1.46. The van der Waals surface area contributed by atoms with E-state index in [1.807, 2.05) is 31.2 Å². The molecular formula is C14H16BrN3O. The topological polar surface area (TPSA) is 61.0 Å². The van der Waals surface area contributed by atoms with Gasteiger partial charge in [0.15, 0.2) is 0 Å². The molecule has 0 fully saturated rings. The summed E-state index contributed by atoms with van der Waals surface area (Å²) in [5, 5.41) is 0. The van der Waals surface area contributed by atoms with Crippen LogP contribution in [-0.4, -0.2) is 17.1 Å². The Labute approximate surface area is 121 Å². The van der Waals surface area contributed by atoms with Gasteiger partial charge in [-0.2, -0.15) is 0 Å². The molecule has 1 aromatic carbocycles. The average molecular weight is 322 g/mol. The lowest BCUT2D eigenvalue weighted by Crippen LogP contribution is -2.15. The van der Waals surface area contributed by atoms with E-state index in [9.17, 15) is 0 Å². The Bertz CT molecular complexity index is 574. The molecule has 1 heterocycles. The van der Waals surface area contributed by atoms with Crippen LogP contribution in [0.5, 0.6) is 5.88 Å². The molecule has 0 amide bonds. The maximum atomic E-state index is 6.26. The molecule has 1 unspecified atom stereocenters. The summed E-state index contributed by atoms with van der Waals surface area (Å²) in [5.41, 5.74) is 9.38. The highest BCUT2D eigenvalue weighted by Gasteiger charge is 2.13. The number of aromatic nitrogens is 2. The van der Waals surface area contributed by atoms with Gasteiger partial charge in [0.1, 0.15) is 6.33 Å². The van der Waals surface area contributed by atoms with E-state index in [2.05, 4.69) is 25.9 Å². The van der Waals surface area contributed by atoms with Crippen molar-refractivity contribution in [1.82, 2.24) is 9.97 Å². The van der Waals surface area contributed by atoms with Gasteiger partial charge < -0.3 is 10.5 Å². The predicted molar refractivity (Wildman–Crippen MR) is 78.1 cm³/mol. The molecule has 100 valence electrons. The zero-order chi connectivity index (χ0) is 13.8. The van der Waals surface area contributed by atoms with Gasteiger partial charge in [-0.05, 0) is 18.1 Å². The Morgan fingerprint density at radius 3 is 2.89 bits per heavy atom. The van der Waals surface area contributed by atoms with E-state index < -0.39 is 0 Å². The maximum Gasteiger partial charge on any atom is 0.216 e. The first-order valence-corrected chi connectivity index (χ1v) is 6.76. The third-order valence-corrected chi connectivity index (χ3v) is 4.04. The summed E-state index contributed by atoms with van der Waals surface area (Å²) >= 11 is 3.58. The SMILES string of the molecule is COc1cc(CC(N)c2cccc(C)c2Br)ncn1. The molecule has 1 atom stereocenters. The third-order valence-electron chi connectivity index (χ3n) is 2.96. The Balaban J connectivity index is 2.20. The summed E-state index contributed by atoms with van der Waals surface area (Å²) in [6.07, 6.45) is 2.13. The quantitative estimate of drug-likeness (QED) is 0.940. The van der Waals surface area contributed by atoms with Crippen molar-refractivity contribution in [2.45, 2.75) is 19.4 Å². The molecule has 0 radical (unpaired) electrons. The molecule has 0 saturated carbocycles. The molecule has 2 rings (SSSR count). The van der Waals surface area contributed by atoms with E-state index in [-0.39, 0.29) is 6.04 Å². The monoisotopic (exact) mass is 321 g/mol. The summed E-state index contributed by atoms with van der Waals surface area (Å²) in [6.45, 7) is 2.05. The molecule has 0 aliphatic rings. The molecule has 0 aliphatic heterocycles. The van der Waals surface area contributed by atoms with Crippen LogP contribution in [0.1, 0.15) is 22.9 Å². The van der Waals surface area contributed by atoms with Crippen LogP contribution < -0.4 is 10.5 Å². The van der Waals surface area contributed by atoms with Crippen LogP contribution >= 0.6 is 15.9 Å². The summed E-state index contributed by atoms with van der Waals surface area (Å²) in [7, 11) is 1.59. The van der Waals surface area contributed by atoms with Crippen molar-refractivity contribution in [3.63, 3.8) is 0 Å². The Morgan fingerprint density at radius 2 is 2.16 bits per heavy atom. The highest BCUT2D eigenvalue weighted by molar-refractivity contribution is 9.10. The molecule has 0 spiro atoms. The van der Waals surface area contributed by atoms with Crippen molar-refractivity contribution in [3.05, 3.63) is 51.9 Å². The second-order valence-electron chi connectivity index (χ2n) is 4.34. The number of nitrogens with zero attached hydrogens (tertiary/aromatic N) is 2. The number of halogens is 1. The Kier molecular flexibility index (Phi) is 4.50.